The molecule has 0 saturated carbocycles. The fraction of sp³-hybridized carbons (Fsp3) is 0.300. The van der Waals surface area contributed by atoms with Gasteiger partial charge in [0.2, 0.25) is 11.8 Å². The molecule has 2 aromatic carbocycles. The topological polar surface area (TPSA) is 52.7 Å². The van der Waals surface area contributed by atoms with E-state index < -0.39 is 36.3 Å². The van der Waals surface area contributed by atoms with Crippen molar-refractivity contribution in [1.82, 2.24) is 4.90 Å². The molecule has 1 aliphatic rings. The van der Waals surface area contributed by atoms with Crippen molar-refractivity contribution < 1.29 is 27.2 Å². The van der Waals surface area contributed by atoms with Crippen LogP contribution in [0.2, 0.25) is 0 Å². The van der Waals surface area contributed by atoms with E-state index in [1.165, 1.54) is 41.3 Å². The van der Waals surface area contributed by atoms with Crippen LogP contribution in [0, 0.1) is 5.82 Å². The van der Waals surface area contributed by atoms with Crippen LogP contribution < -0.4 is 10.2 Å². The number of carbonyl (C=O) groups excluding carboxylic acids is 2. The predicted molar refractivity (Wildman–Crippen MR) is 99.8 cm³/mol. The Morgan fingerprint density at radius 2 is 1.93 bits per heavy atom. The average Bonchev–Trinajstić information content (AvgIpc) is 2.77. The van der Waals surface area contributed by atoms with E-state index in [0.717, 1.165) is 0 Å². The lowest BCUT2D eigenvalue weighted by molar-refractivity contribution is -0.158. The number of hydrogen-bond acceptors (Lipinski definition) is 3. The lowest BCUT2D eigenvalue weighted by Crippen LogP contribution is -2.52. The number of nitrogens with one attached hydrogen (secondary N) is 1. The van der Waals surface area contributed by atoms with Crippen molar-refractivity contribution in [3.8, 4) is 0 Å². The van der Waals surface area contributed by atoms with Crippen LogP contribution in [0.1, 0.15) is 12.0 Å². The highest BCUT2D eigenvalue weighted by atomic mass is 19.4. The minimum absolute atomic E-state index is 0.00942. The smallest absolute Gasteiger partial charge is 0.324 e. The van der Waals surface area contributed by atoms with E-state index in [4.69, 9.17) is 0 Å². The van der Waals surface area contributed by atoms with Crippen molar-refractivity contribution in [1.29, 1.82) is 0 Å². The van der Waals surface area contributed by atoms with Crippen molar-refractivity contribution in [3.63, 3.8) is 0 Å². The van der Waals surface area contributed by atoms with E-state index in [-0.39, 0.29) is 24.5 Å². The maximum Gasteiger partial charge on any atom is 0.409 e. The molecule has 5 nitrogen and oxygen atoms in total. The summed E-state index contributed by atoms with van der Waals surface area (Å²) >= 11 is 0. The number of amides is 2. The molecule has 0 radical (unpaired) electrons. The van der Waals surface area contributed by atoms with Crippen molar-refractivity contribution in [2.24, 2.45) is 0 Å². The van der Waals surface area contributed by atoms with Gasteiger partial charge < -0.3 is 5.32 Å². The van der Waals surface area contributed by atoms with Crippen molar-refractivity contribution in [3.05, 3.63) is 59.9 Å². The summed E-state index contributed by atoms with van der Waals surface area (Å²) in [6.07, 6.45) is -5.68. The number of likely N-dealkylation sites (N-methyl/N-ethyl adjacent to an activating group) is 1. The van der Waals surface area contributed by atoms with E-state index in [1.807, 2.05) is 0 Å². The molecule has 9 heteroatoms. The summed E-state index contributed by atoms with van der Waals surface area (Å²) in [5, 5.41) is 2.42. The quantitative estimate of drug-likeness (QED) is 0.786. The summed E-state index contributed by atoms with van der Waals surface area (Å²) in [6, 6.07) is 9.35. The molecule has 0 aromatic heterocycles. The minimum Gasteiger partial charge on any atom is -0.324 e. The third kappa shape index (κ3) is 4.92. The lowest BCUT2D eigenvalue weighted by atomic mass is 10.1. The SMILES string of the molecule is CN(CC(=O)N1c2ccccc2NC(=O)C[C@H]1C(F)(F)F)Cc1cccc(F)c1. The van der Waals surface area contributed by atoms with Gasteiger partial charge in [-0.25, -0.2) is 4.39 Å². The Morgan fingerprint density at radius 3 is 2.62 bits per heavy atom. The molecule has 0 spiro atoms. The first-order valence-corrected chi connectivity index (χ1v) is 8.86. The molecule has 29 heavy (non-hydrogen) atoms. The maximum atomic E-state index is 13.7. The Hall–Kier alpha value is -2.94. The number of fused-ring (bicyclic) bond motifs is 1. The highest BCUT2D eigenvalue weighted by molar-refractivity contribution is 6.05. The Labute approximate surface area is 164 Å². The highest BCUT2D eigenvalue weighted by Gasteiger charge is 2.49. The molecule has 2 aromatic rings. The zero-order chi connectivity index (χ0) is 21.2. The summed E-state index contributed by atoms with van der Waals surface area (Å²) < 4.78 is 54.4. The van der Waals surface area contributed by atoms with E-state index in [1.54, 1.807) is 19.2 Å². The van der Waals surface area contributed by atoms with Gasteiger partial charge in [0.15, 0.2) is 0 Å². The molecule has 1 aliphatic heterocycles. The normalized spacial score (nSPS) is 17.0. The van der Waals surface area contributed by atoms with Crippen LogP contribution in [0.25, 0.3) is 0 Å². The number of rotatable bonds is 4. The highest BCUT2D eigenvalue weighted by Crippen LogP contribution is 2.37. The molecule has 3 rings (SSSR count). The second-order valence-electron chi connectivity index (χ2n) is 6.89. The Morgan fingerprint density at radius 1 is 1.21 bits per heavy atom. The number of carbonyl (C=O) groups is 2. The molecule has 1 heterocycles. The molecule has 0 saturated heterocycles. The van der Waals surface area contributed by atoms with Gasteiger partial charge in [0, 0.05) is 6.54 Å². The van der Waals surface area contributed by atoms with Gasteiger partial charge in [-0.2, -0.15) is 13.2 Å². The monoisotopic (exact) mass is 409 g/mol. The van der Waals surface area contributed by atoms with E-state index in [0.29, 0.717) is 10.5 Å². The average molecular weight is 409 g/mol. The van der Waals surface area contributed by atoms with Crippen LogP contribution in [0.15, 0.2) is 48.5 Å². The number of alkyl halides is 3. The number of para-hydroxylation sites is 2. The molecular weight excluding hydrogens is 390 g/mol. The molecule has 0 fully saturated rings. The summed E-state index contributed by atoms with van der Waals surface area (Å²) in [6.45, 7) is -0.168. The first-order chi connectivity index (χ1) is 13.6. The summed E-state index contributed by atoms with van der Waals surface area (Å²) in [4.78, 5) is 27.0. The fourth-order valence-electron chi connectivity index (χ4n) is 3.31. The Kier molecular flexibility index (Phi) is 5.88. The molecule has 2 amide bonds. The Bertz CT molecular complexity index is 917. The summed E-state index contributed by atoms with van der Waals surface area (Å²) in [7, 11) is 1.55. The van der Waals surface area contributed by atoms with Crippen molar-refractivity contribution in [2.45, 2.75) is 25.2 Å². The molecule has 154 valence electrons. The van der Waals surface area contributed by atoms with Crippen molar-refractivity contribution >= 4 is 23.2 Å². The molecule has 0 bridgehead atoms. The van der Waals surface area contributed by atoms with E-state index in [2.05, 4.69) is 5.32 Å². The zero-order valence-corrected chi connectivity index (χ0v) is 15.5. The number of anilines is 2. The van der Waals surface area contributed by atoms with Crippen LogP contribution in [0.3, 0.4) is 0 Å². The first kappa shape index (κ1) is 20.8. The molecule has 0 aliphatic carbocycles. The van der Waals surface area contributed by atoms with Gasteiger partial charge in [-0.3, -0.25) is 19.4 Å². The fourth-order valence-corrected chi connectivity index (χ4v) is 3.31. The minimum atomic E-state index is -4.79. The summed E-state index contributed by atoms with van der Waals surface area (Å²) in [5.74, 6) is -2.07. The first-order valence-electron chi connectivity index (χ1n) is 8.86. The van der Waals surface area contributed by atoms with E-state index in [9.17, 15) is 27.2 Å². The van der Waals surface area contributed by atoms with Gasteiger partial charge in [0.25, 0.3) is 0 Å². The van der Waals surface area contributed by atoms with Gasteiger partial charge >= 0.3 is 6.18 Å². The standard InChI is InChI=1S/C20H19F4N3O2/c1-26(11-13-5-4-6-14(21)9-13)12-19(29)27-16-8-3-2-7-15(16)25-18(28)10-17(27)20(22,23)24/h2-9,17H,10-12H2,1H3,(H,25,28)/t17-/m0/s1. The van der Waals surface area contributed by atoms with Crippen LogP contribution >= 0.6 is 0 Å². The molecule has 1 N–H and O–H groups in total. The third-order valence-electron chi connectivity index (χ3n) is 4.52. The lowest BCUT2D eigenvalue weighted by Gasteiger charge is -2.33. The number of halogens is 4. The second kappa shape index (κ2) is 8.20. The third-order valence-corrected chi connectivity index (χ3v) is 4.52. The van der Waals surface area contributed by atoms with Crippen LogP contribution in [-0.2, 0) is 16.1 Å². The molecule has 1 atom stereocenters. The number of nitrogens with zero attached hydrogens (tertiary/aromatic N) is 2. The van der Waals surface area contributed by atoms with Crippen LogP contribution in [0.5, 0.6) is 0 Å². The number of hydrogen-bond donors (Lipinski definition) is 1. The van der Waals surface area contributed by atoms with Crippen LogP contribution in [-0.4, -0.2) is 42.5 Å². The number of benzene rings is 2. The van der Waals surface area contributed by atoms with Gasteiger partial charge in [0.1, 0.15) is 11.9 Å². The predicted octanol–water partition coefficient (Wildman–Crippen LogP) is 3.56. The van der Waals surface area contributed by atoms with E-state index >= 15 is 0 Å². The Balaban J connectivity index is 1.87. The van der Waals surface area contributed by atoms with Crippen molar-refractivity contribution in [2.75, 3.05) is 23.8 Å². The summed E-state index contributed by atoms with van der Waals surface area (Å²) in [5.41, 5.74) is 0.719. The van der Waals surface area contributed by atoms with Crippen LogP contribution in [0.4, 0.5) is 28.9 Å². The van der Waals surface area contributed by atoms with Gasteiger partial charge in [-0.1, -0.05) is 24.3 Å². The molecule has 0 unspecified atom stereocenters. The second-order valence-corrected chi connectivity index (χ2v) is 6.89. The largest absolute Gasteiger partial charge is 0.409 e. The van der Waals surface area contributed by atoms with Gasteiger partial charge in [-0.15, -0.1) is 0 Å². The maximum absolute atomic E-state index is 13.7. The van der Waals surface area contributed by atoms with Gasteiger partial charge in [-0.05, 0) is 36.9 Å². The van der Waals surface area contributed by atoms with Gasteiger partial charge in [0.05, 0.1) is 24.3 Å². The zero-order valence-electron chi connectivity index (χ0n) is 15.5. The molecular formula is C20H19F4N3O2.